The van der Waals surface area contributed by atoms with Gasteiger partial charge in [-0.3, -0.25) is 4.79 Å². The first-order chi connectivity index (χ1) is 12.5. The molecule has 8 heteroatoms. The number of pyridine rings is 1. The van der Waals surface area contributed by atoms with Gasteiger partial charge in [-0.1, -0.05) is 6.07 Å². The lowest BCUT2D eigenvalue weighted by Crippen LogP contribution is -2.11. The van der Waals surface area contributed by atoms with Crippen molar-refractivity contribution in [2.45, 2.75) is 20.8 Å². The topological polar surface area (TPSA) is 86.1 Å². The minimum atomic E-state index is -0.395. The summed E-state index contributed by atoms with van der Waals surface area (Å²) in [6, 6.07) is 7.06. The summed E-state index contributed by atoms with van der Waals surface area (Å²) >= 11 is 1.37. The SMILES string of the molecule is CCOC(=O)c1c(C)nn(-c2ccc(NC(=O)c3cccs3)cn2)c1C. The number of esters is 1. The average molecular weight is 370 g/mol. The number of amides is 1. The Morgan fingerprint density at radius 3 is 2.69 bits per heavy atom. The molecule has 134 valence electrons. The Morgan fingerprint density at radius 1 is 1.27 bits per heavy atom. The van der Waals surface area contributed by atoms with Gasteiger partial charge in [-0.15, -0.1) is 11.3 Å². The second kappa shape index (κ2) is 7.49. The molecule has 0 aromatic carbocycles. The summed E-state index contributed by atoms with van der Waals surface area (Å²) in [4.78, 5) is 29.1. The summed E-state index contributed by atoms with van der Waals surface area (Å²) < 4.78 is 6.67. The molecule has 3 aromatic heterocycles. The van der Waals surface area contributed by atoms with Crippen LogP contribution in [-0.4, -0.2) is 33.2 Å². The molecule has 0 atom stereocenters. The quantitative estimate of drug-likeness (QED) is 0.696. The number of aromatic nitrogens is 3. The number of rotatable bonds is 5. The van der Waals surface area contributed by atoms with Gasteiger partial charge in [0, 0.05) is 0 Å². The van der Waals surface area contributed by atoms with Crippen molar-refractivity contribution in [1.82, 2.24) is 14.8 Å². The summed E-state index contributed by atoms with van der Waals surface area (Å²) in [6.45, 7) is 5.61. The van der Waals surface area contributed by atoms with E-state index in [1.165, 1.54) is 11.3 Å². The molecule has 0 saturated carbocycles. The Morgan fingerprint density at radius 2 is 2.08 bits per heavy atom. The maximum atomic E-state index is 12.1. The number of anilines is 1. The van der Waals surface area contributed by atoms with Crippen molar-refractivity contribution >= 4 is 28.9 Å². The zero-order valence-corrected chi connectivity index (χ0v) is 15.5. The van der Waals surface area contributed by atoms with E-state index in [0.717, 1.165) is 0 Å². The Balaban J connectivity index is 1.82. The molecular formula is C18H18N4O3S. The average Bonchev–Trinajstić information content (AvgIpc) is 3.24. The third-order valence-electron chi connectivity index (χ3n) is 3.74. The van der Waals surface area contributed by atoms with Crippen LogP contribution in [0.4, 0.5) is 5.69 Å². The molecule has 0 spiro atoms. The zero-order valence-electron chi connectivity index (χ0n) is 14.6. The van der Waals surface area contributed by atoms with Crippen LogP contribution in [0, 0.1) is 13.8 Å². The number of thiophene rings is 1. The molecule has 3 aromatic rings. The van der Waals surface area contributed by atoms with Crippen LogP contribution in [0.2, 0.25) is 0 Å². The maximum absolute atomic E-state index is 12.1. The third kappa shape index (κ3) is 3.50. The van der Waals surface area contributed by atoms with E-state index < -0.39 is 5.97 Å². The molecule has 26 heavy (non-hydrogen) atoms. The van der Waals surface area contributed by atoms with E-state index in [-0.39, 0.29) is 5.91 Å². The summed E-state index contributed by atoms with van der Waals surface area (Å²) in [7, 11) is 0. The number of nitrogens with one attached hydrogen (secondary N) is 1. The van der Waals surface area contributed by atoms with E-state index in [1.54, 1.807) is 49.8 Å². The second-order valence-corrected chi connectivity index (χ2v) is 6.46. The normalized spacial score (nSPS) is 10.6. The van der Waals surface area contributed by atoms with Gasteiger partial charge < -0.3 is 10.1 Å². The molecule has 0 aliphatic rings. The van der Waals surface area contributed by atoms with Crippen LogP contribution in [0.5, 0.6) is 0 Å². The van der Waals surface area contributed by atoms with E-state index in [4.69, 9.17) is 4.74 Å². The van der Waals surface area contributed by atoms with Gasteiger partial charge in [0.1, 0.15) is 5.56 Å². The number of hydrogen-bond acceptors (Lipinski definition) is 6. The Bertz CT molecular complexity index is 930. The smallest absolute Gasteiger partial charge is 0.341 e. The highest BCUT2D eigenvalue weighted by Crippen LogP contribution is 2.19. The van der Waals surface area contributed by atoms with Gasteiger partial charge >= 0.3 is 5.97 Å². The number of ether oxygens (including phenoxy) is 1. The van der Waals surface area contributed by atoms with Crippen molar-refractivity contribution in [2.24, 2.45) is 0 Å². The molecule has 3 heterocycles. The van der Waals surface area contributed by atoms with Crippen LogP contribution in [0.3, 0.4) is 0 Å². The van der Waals surface area contributed by atoms with E-state index >= 15 is 0 Å². The number of hydrogen-bond donors (Lipinski definition) is 1. The lowest BCUT2D eigenvalue weighted by Gasteiger charge is -2.07. The van der Waals surface area contributed by atoms with Crippen LogP contribution < -0.4 is 5.32 Å². The Hall–Kier alpha value is -3.00. The predicted octanol–water partition coefficient (Wildman–Crippen LogP) is 3.37. The Kier molecular flexibility index (Phi) is 5.13. The van der Waals surface area contributed by atoms with Gasteiger partial charge in [0.15, 0.2) is 5.82 Å². The highest BCUT2D eigenvalue weighted by atomic mass is 32.1. The van der Waals surface area contributed by atoms with Crippen LogP contribution >= 0.6 is 11.3 Å². The minimum absolute atomic E-state index is 0.176. The molecule has 0 aliphatic heterocycles. The predicted molar refractivity (Wildman–Crippen MR) is 99.1 cm³/mol. The highest BCUT2D eigenvalue weighted by Gasteiger charge is 2.20. The van der Waals surface area contributed by atoms with E-state index in [2.05, 4.69) is 15.4 Å². The van der Waals surface area contributed by atoms with Gasteiger partial charge in [0.25, 0.3) is 5.91 Å². The molecule has 0 fully saturated rings. The van der Waals surface area contributed by atoms with Gasteiger partial charge in [0.05, 0.1) is 34.8 Å². The molecule has 7 nitrogen and oxygen atoms in total. The van der Waals surface area contributed by atoms with Crippen molar-refractivity contribution < 1.29 is 14.3 Å². The monoisotopic (exact) mass is 370 g/mol. The maximum Gasteiger partial charge on any atom is 0.341 e. The van der Waals surface area contributed by atoms with Gasteiger partial charge in [0.2, 0.25) is 0 Å². The van der Waals surface area contributed by atoms with Crippen molar-refractivity contribution in [3.8, 4) is 5.82 Å². The van der Waals surface area contributed by atoms with Crippen molar-refractivity contribution in [1.29, 1.82) is 0 Å². The van der Waals surface area contributed by atoms with Crippen molar-refractivity contribution in [2.75, 3.05) is 11.9 Å². The standard InChI is InChI=1S/C18H18N4O3S/c1-4-25-18(24)16-11(2)21-22(12(16)3)15-8-7-13(10-19-15)20-17(23)14-6-5-9-26-14/h5-10H,4H2,1-3H3,(H,20,23). The van der Waals surface area contributed by atoms with E-state index in [1.807, 2.05) is 11.4 Å². The first kappa shape index (κ1) is 17.8. The summed E-state index contributed by atoms with van der Waals surface area (Å²) in [5, 5.41) is 9.02. The molecule has 0 radical (unpaired) electrons. The summed E-state index contributed by atoms with van der Waals surface area (Å²) in [5.74, 6) is -0.0193. The molecule has 1 N–H and O–H groups in total. The molecule has 3 rings (SSSR count). The van der Waals surface area contributed by atoms with Gasteiger partial charge in [-0.2, -0.15) is 5.10 Å². The zero-order chi connectivity index (χ0) is 18.7. The summed E-state index contributed by atoms with van der Waals surface area (Å²) in [5.41, 5.74) is 2.27. The first-order valence-corrected chi connectivity index (χ1v) is 8.93. The first-order valence-electron chi connectivity index (χ1n) is 8.06. The van der Waals surface area contributed by atoms with Crippen molar-refractivity contribution in [3.63, 3.8) is 0 Å². The number of aryl methyl sites for hydroxylation is 1. The largest absolute Gasteiger partial charge is 0.462 e. The van der Waals surface area contributed by atoms with Gasteiger partial charge in [-0.25, -0.2) is 14.5 Å². The number of carbonyl (C=O) groups is 2. The molecule has 1 amide bonds. The number of carbonyl (C=O) groups excluding carboxylic acids is 2. The van der Waals surface area contributed by atoms with Crippen LogP contribution in [0.1, 0.15) is 38.3 Å². The molecular weight excluding hydrogens is 352 g/mol. The van der Waals surface area contributed by atoms with Crippen LogP contribution in [0.15, 0.2) is 35.8 Å². The molecule has 0 bridgehead atoms. The van der Waals surface area contributed by atoms with E-state index in [0.29, 0.717) is 39.9 Å². The fourth-order valence-electron chi connectivity index (χ4n) is 2.55. The highest BCUT2D eigenvalue weighted by molar-refractivity contribution is 7.12. The van der Waals surface area contributed by atoms with Crippen LogP contribution in [0.25, 0.3) is 5.82 Å². The lowest BCUT2D eigenvalue weighted by atomic mass is 10.2. The number of nitrogens with zero attached hydrogens (tertiary/aromatic N) is 3. The fourth-order valence-corrected chi connectivity index (χ4v) is 3.17. The molecule has 0 aliphatic carbocycles. The Labute approximate surface area is 154 Å². The van der Waals surface area contributed by atoms with E-state index in [9.17, 15) is 9.59 Å². The lowest BCUT2D eigenvalue weighted by molar-refractivity contribution is 0.0524. The summed E-state index contributed by atoms with van der Waals surface area (Å²) in [6.07, 6.45) is 1.56. The molecule has 0 unspecified atom stereocenters. The fraction of sp³-hybridized carbons (Fsp3) is 0.222. The van der Waals surface area contributed by atoms with Gasteiger partial charge in [-0.05, 0) is 44.4 Å². The third-order valence-corrected chi connectivity index (χ3v) is 4.61. The molecule has 0 saturated heterocycles. The van der Waals surface area contributed by atoms with Crippen LogP contribution in [-0.2, 0) is 4.74 Å². The second-order valence-electron chi connectivity index (χ2n) is 5.51. The van der Waals surface area contributed by atoms with Crippen molar-refractivity contribution in [3.05, 3.63) is 57.7 Å². The minimum Gasteiger partial charge on any atom is -0.462 e.